The summed E-state index contributed by atoms with van der Waals surface area (Å²) in [7, 11) is 0. The second kappa shape index (κ2) is 4.05. The first-order chi connectivity index (χ1) is 5.49. The highest BCUT2D eigenvalue weighted by atomic mass is 79.9. The fourth-order valence-electron chi connectivity index (χ4n) is 0.652. The lowest BCUT2D eigenvalue weighted by Gasteiger charge is -2.14. The van der Waals surface area contributed by atoms with Crippen LogP contribution in [0.1, 0.15) is 0 Å². The van der Waals surface area contributed by atoms with Crippen LogP contribution in [0.15, 0.2) is 28.7 Å². The van der Waals surface area contributed by atoms with Crippen molar-refractivity contribution in [3.63, 3.8) is 0 Å². The Bertz CT molecular complexity index is 272. The van der Waals surface area contributed by atoms with Gasteiger partial charge < -0.3 is 4.74 Å². The summed E-state index contributed by atoms with van der Waals surface area (Å²) in [5, 5.41) is 0. The maximum Gasteiger partial charge on any atom is 0.338 e. The monoisotopic (exact) mass is 288 g/mol. The van der Waals surface area contributed by atoms with E-state index in [1.807, 2.05) is 6.07 Å². The van der Waals surface area contributed by atoms with Crippen LogP contribution in [0.4, 0.5) is 0 Å². The van der Waals surface area contributed by atoms with Gasteiger partial charge in [0.25, 0.3) is 0 Å². The molecule has 0 aromatic heterocycles. The van der Waals surface area contributed by atoms with Crippen molar-refractivity contribution in [1.29, 1.82) is 0 Å². The van der Waals surface area contributed by atoms with Gasteiger partial charge in [-0.1, -0.05) is 12.1 Å². The minimum absolute atomic E-state index is 0.498. The van der Waals surface area contributed by atoms with E-state index in [1.54, 1.807) is 18.2 Å². The molecule has 0 saturated carbocycles. The summed E-state index contributed by atoms with van der Waals surface area (Å²) in [6, 6.07) is 7.13. The van der Waals surface area contributed by atoms with E-state index < -0.39 is 3.98 Å². The van der Waals surface area contributed by atoms with E-state index in [-0.39, 0.29) is 0 Å². The second-order valence-electron chi connectivity index (χ2n) is 1.98. The lowest BCUT2D eigenvalue weighted by atomic mass is 10.3. The van der Waals surface area contributed by atoms with Gasteiger partial charge in [0.2, 0.25) is 0 Å². The summed E-state index contributed by atoms with van der Waals surface area (Å²) in [6.45, 7) is 0. The molecule has 0 N–H and O–H groups in total. The van der Waals surface area contributed by atoms with Crippen molar-refractivity contribution < 1.29 is 4.74 Å². The Morgan fingerprint density at radius 3 is 2.25 bits per heavy atom. The Hall–Kier alpha value is 0.370. The molecule has 1 rings (SSSR count). The molecule has 1 aromatic carbocycles. The van der Waals surface area contributed by atoms with Gasteiger partial charge in [0.1, 0.15) is 5.75 Å². The molecule has 0 spiro atoms. The number of hydrogen-bond acceptors (Lipinski definition) is 1. The zero-order valence-electron chi connectivity index (χ0n) is 5.73. The largest absolute Gasteiger partial charge is 0.444 e. The fourth-order valence-corrected chi connectivity index (χ4v) is 1.27. The zero-order chi connectivity index (χ0) is 9.19. The quantitative estimate of drug-likeness (QED) is 0.706. The predicted molar refractivity (Wildman–Crippen MR) is 55.1 cm³/mol. The predicted octanol–water partition coefficient (Wildman–Crippen LogP) is 4.16. The average Bonchev–Trinajstić information content (AvgIpc) is 1.91. The number of rotatable bonds is 1. The summed E-state index contributed by atoms with van der Waals surface area (Å²) < 4.78 is 4.01. The number of para-hydroxylation sites is 1. The maximum atomic E-state index is 5.43. The Morgan fingerprint density at radius 2 is 1.75 bits per heavy atom. The second-order valence-corrected chi connectivity index (χ2v) is 5.01. The highest BCUT2D eigenvalue weighted by molar-refractivity contribution is 9.10. The minimum atomic E-state index is -1.72. The molecule has 0 fully saturated rings. The number of halogens is 4. The molecule has 0 heterocycles. The van der Waals surface area contributed by atoms with E-state index in [4.69, 9.17) is 39.5 Å². The molecule has 0 unspecified atom stereocenters. The van der Waals surface area contributed by atoms with Gasteiger partial charge in [-0.3, -0.25) is 0 Å². The topological polar surface area (TPSA) is 9.23 Å². The van der Waals surface area contributed by atoms with Crippen molar-refractivity contribution in [2.24, 2.45) is 0 Å². The van der Waals surface area contributed by atoms with Crippen molar-refractivity contribution in [1.82, 2.24) is 0 Å². The van der Waals surface area contributed by atoms with E-state index in [0.29, 0.717) is 5.75 Å². The molecular weight excluding hydrogens is 286 g/mol. The van der Waals surface area contributed by atoms with E-state index >= 15 is 0 Å². The number of benzene rings is 1. The van der Waals surface area contributed by atoms with E-state index in [2.05, 4.69) is 15.9 Å². The molecule has 0 aliphatic rings. The highest BCUT2D eigenvalue weighted by Crippen LogP contribution is 2.33. The molecule has 0 amide bonds. The molecule has 1 nitrogen and oxygen atoms in total. The summed E-state index contributed by atoms with van der Waals surface area (Å²) in [6.07, 6.45) is 0. The molecule has 0 radical (unpaired) electrons. The van der Waals surface area contributed by atoms with Gasteiger partial charge in [-0.15, -0.1) is 0 Å². The number of alkyl halides is 3. The average molecular weight is 290 g/mol. The molecule has 66 valence electrons. The van der Waals surface area contributed by atoms with Crippen molar-refractivity contribution in [3.05, 3.63) is 28.7 Å². The van der Waals surface area contributed by atoms with E-state index in [1.165, 1.54) is 0 Å². The molecule has 1 aromatic rings. The van der Waals surface area contributed by atoms with Crippen molar-refractivity contribution >= 4 is 50.7 Å². The van der Waals surface area contributed by atoms with Gasteiger partial charge in [-0.05, 0) is 62.9 Å². The summed E-state index contributed by atoms with van der Waals surface area (Å²) in [5.41, 5.74) is 0. The van der Waals surface area contributed by atoms with Crippen LogP contribution in [-0.2, 0) is 0 Å². The standard InChI is InChI=1S/C7H4BrCl3O/c8-5-3-1-2-4-6(5)12-7(9,10)11/h1-4H. The van der Waals surface area contributed by atoms with Crippen molar-refractivity contribution in [3.8, 4) is 5.75 Å². The van der Waals surface area contributed by atoms with Gasteiger partial charge in [0.15, 0.2) is 0 Å². The molecule has 0 atom stereocenters. The molecule has 0 aliphatic heterocycles. The van der Waals surface area contributed by atoms with Gasteiger partial charge in [-0.2, -0.15) is 0 Å². The van der Waals surface area contributed by atoms with Crippen LogP contribution in [0.25, 0.3) is 0 Å². The number of hydrogen-bond donors (Lipinski definition) is 0. The van der Waals surface area contributed by atoms with E-state index in [0.717, 1.165) is 4.47 Å². The third-order valence-corrected chi connectivity index (χ3v) is 1.95. The third-order valence-electron chi connectivity index (χ3n) is 1.06. The van der Waals surface area contributed by atoms with Crippen molar-refractivity contribution in [2.45, 2.75) is 3.98 Å². The summed E-state index contributed by atoms with van der Waals surface area (Å²) >= 11 is 19.5. The molecule has 0 bridgehead atoms. The Kier molecular flexibility index (Phi) is 3.53. The number of ether oxygens (including phenoxy) is 1. The van der Waals surface area contributed by atoms with Crippen LogP contribution >= 0.6 is 50.7 Å². The van der Waals surface area contributed by atoms with Crippen LogP contribution < -0.4 is 4.74 Å². The molecule has 0 aliphatic carbocycles. The zero-order valence-corrected chi connectivity index (χ0v) is 9.58. The van der Waals surface area contributed by atoms with Gasteiger partial charge >= 0.3 is 3.98 Å². The van der Waals surface area contributed by atoms with Gasteiger partial charge in [0.05, 0.1) is 4.47 Å². The summed E-state index contributed by atoms with van der Waals surface area (Å²) in [5.74, 6) is 0.498. The van der Waals surface area contributed by atoms with Crippen LogP contribution in [0.2, 0.25) is 0 Å². The SMILES string of the molecule is ClC(Cl)(Cl)Oc1ccccc1Br. The molecule has 12 heavy (non-hydrogen) atoms. The lowest BCUT2D eigenvalue weighted by molar-refractivity contribution is 0.318. The Balaban J connectivity index is 2.83. The van der Waals surface area contributed by atoms with Crippen LogP contribution in [0, 0.1) is 0 Å². The highest BCUT2D eigenvalue weighted by Gasteiger charge is 2.22. The first kappa shape index (κ1) is 10.5. The summed E-state index contributed by atoms with van der Waals surface area (Å²) in [4.78, 5) is 0. The fraction of sp³-hybridized carbons (Fsp3) is 0.143. The van der Waals surface area contributed by atoms with Crippen LogP contribution in [-0.4, -0.2) is 3.98 Å². The third kappa shape index (κ3) is 3.40. The van der Waals surface area contributed by atoms with Crippen molar-refractivity contribution in [2.75, 3.05) is 0 Å². The lowest BCUT2D eigenvalue weighted by Crippen LogP contribution is -2.12. The first-order valence-corrected chi connectivity index (χ1v) is 4.92. The first-order valence-electron chi connectivity index (χ1n) is 2.99. The smallest absolute Gasteiger partial charge is 0.338 e. The molecule has 5 heteroatoms. The molecular formula is C7H4BrCl3O. The minimum Gasteiger partial charge on any atom is -0.444 e. The normalized spacial score (nSPS) is 11.3. The van der Waals surface area contributed by atoms with Crippen LogP contribution in [0.5, 0.6) is 5.75 Å². The Labute approximate surface area is 93.7 Å². The van der Waals surface area contributed by atoms with Crippen LogP contribution in [0.3, 0.4) is 0 Å². The Morgan fingerprint density at radius 1 is 1.17 bits per heavy atom. The molecule has 0 saturated heterocycles. The van der Waals surface area contributed by atoms with E-state index in [9.17, 15) is 0 Å². The maximum absolute atomic E-state index is 5.43. The van der Waals surface area contributed by atoms with Gasteiger partial charge in [-0.25, -0.2) is 0 Å². The van der Waals surface area contributed by atoms with Gasteiger partial charge in [0, 0.05) is 0 Å².